The van der Waals surface area contributed by atoms with Gasteiger partial charge in [0.2, 0.25) is 0 Å². The number of nitrogens with one attached hydrogen (secondary N) is 1. The molecule has 2 heterocycles. The molecular weight excluding hydrogens is 204 g/mol. The van der Waals surface area contributed by atoms with Crippen LogP contribution in [0.1, 0.15) is 5.56 Å². The van der Waals surface area contributed by atoms with Gasteiger partial charge in [0.1, 0.15) is 11.6 Å². The average molecular weight is 212 g/mol. The Labute approximate surface area is 91.2 Å². The number of amides is 1. The summed E-state index contributed by atoms with van der Waals surface area (Å²) in [4.78, 5) is 17.8. The molecule has 0 aliphatic rings. The number of nitrogens with zero attached hydrogens (tertiary/aromatic N) is 2. The lowest BCUT2D eigenvalue weighted by atomic mass is 10.1. The zero-order chi connectivity index (χ0) is 11.5. The minimum atomic E-state index is -0.731. The number of pyridine rings is 1. The summed E-state index contributed by atoms with van der Waals surface area (Å²) >= 11 is 0. The summed E-state index contributed by atoms with van der Waals surface area (Å²) in [5.74, 6) is -0.731. The monoisotopic (exact) mass is 212 g/mol. The summed E-state index contributed by atoms with van der Waals surface area (Å²) in [7, 11) is 0. The van der Waals surface area contributed by atoms with E-state index >= 15 is 0 Å². The van der Waals surface area contributed by atoms with Gasteiger partial charge >= 0.3 is 0 Å². The van der Waals surface area contributed by atoms with E-state index in [9.17, 15) is 4.79 Å². The molecule has 2 rings (SSSR count). The highest BCUT2D eigenvalue weighted by atomic mass is 16.1. The van der Waals surface area contributed by atoms with Crippen molar-refractivity contribution >= 4 is 22.9 Å². The minimum absolute atomic E-state index is 0.0716. The standard InChI is InChI=1S/C11H8N4O/c12-4-7(11(13)16)3-8-5-15-10-6-14-2-1-9(8)10/h1-3,5-6,15H,(H2,13,16). The van der Waals surface area contributed by atoms with E-state index < -0.39 is 5.91 Å². The molecule has 0 aromatic carbocycles. The molecule has 0 radical (unpaired) electrons. The van der Waals surface area contributed by atoms with Crippen molar-refractivity contribution in [1.82, 2.24) is 9.97 Å². The largest absolute Gasteiger partial charge is 0.365 e. The zero-order valence-corrected chi connectivity index (χ0v) is 8.27. The van der Waals surface area contributed by atoms with Crippen LogP contribution >= 0.6 is 0 Å². The summed E-state index contributed by atoms with van der Waals surface area (Å²) in [6, 6.07) is 3.56. The van der Waals surface area contributed by atoms with Crippen LogP contribution in [0.25, 0.3) is 17.0 Å². The van der Waals surface area contributed by atoms with Gasteiger partial charge in [0.15, 0.2) is 0 Å². The van der Waals surface area contributed by atoms with Gasteiger partial charge in [-0.3, -0.25) is 9.78 Å². The number of carbonyl (C=O) groups is 1. The van der Waals surface area contributed by atoms with Gasteiger partial charge in [-0.25, -0.2) is 0 Å². The first-order valence-corrected chi connectivity index (χ1v) is 4.55. The number of nitrogens with two attached hydrogens (primary N) is 1. The second kappa shape index (κ2) is 3.87. The maximum Gasteiger partial charge on any atom is 0.259 e. The number of rotatable bonds is 2. The third-order valence-electron chi connectivity index (χ3n) is 2.20. The highest BCUT2D eigenvalue weighted by molar-refractivity contribution is 6.02. The number of H-pyrrole nitrogens is 1. The fourth-order valence-corrected chi connectivity index (χ4v) is 1.43. The summed E-state index contributed by atoms with van der Waals surface area (Å²) < 4.78 is 0. The minimum Gasteiger partial charge on any atom is -0.365 e. The topological polar surface area (TPSA) is 95.6 Å². The predicted octanol–water partition coefficient (Wildman–Crippen LogP) is 0.955. The molecule has 0 unspecified atom stereocenters. The van der Waals surface area contributed by atoms with Crippen LogP contribution in [0.3, 0.4) is 0 Å². The summed E-state index contributed by atoms with van der Waals surface area (Å²) in [6.07, 6.45) is 6.47. The Hall–Kier alpha value is -2.61. The van der Waals surface area contributed by atoms with E-state index in [4.69, 9.17) is 11.0 Å². The van der Waals surface area contributed by atoms with Crippen LogP contribution in [0, 0.1) is 11.3 Å². The zero-order valence-electron chi connectivity index (χ0n) is 8.27. The van der Waals surface area contributed by atoms with E-state index in [-0.39, 0.29) is 5.57 Å². The number of carbonyl (C=O) groups excluding carboxylic acids is 1. The second-order valence-electron chi connectivity index (χ2n) is 3.20. The van der Waals surface area contributed by atoms with Crippen molar-refractivity contribution in [1.29, 1.82) is 5.26 Å². The maximum atomic E-state index is 10.9. The van der Waals surface area contributed by atoms with E-state index in [2.05, 4.69) is 9.97 Å². The van der Waals surface area contributed by atoms with E-state index in [1.165, 1.54) is 6.08 Å². The van der Waals surface area contributed by atoms with Crippen molar-refractivity contribution in [3.8, 4) is 6.07 Å². The van der Waals surface area contributed by atoms with Crippen molar-refractivity contribution in [2.45, 2.75) is 0 Å². The number of nitriles is 1. The second-order valence-corrected chi connectivity index (χ2v) is 3.20. The van der Waals surface area contributed by atoms with Crippen molar-refractivity contribution < 1.29 is 4.79 Å². The fraction of sp³-hybridized carbons (Fsp3) is 0. The van der Waals surface area contributed by atoms with Gasteiger partial charge in [-0.05, 0) is 12.1 Å². The van der Waals surface area contributed by atoms with Crippen LogP contribution in [-0.2, 0) is 4.79 Å². The molecule has 0 atom stereocenters. The molecule has 3 N–H and O–H groups in total. The Morgan fingerprint density at radius 2 is 2.44 bits per heavy atom. The average Bonchev–Trinajstić information content (AvgIpc) is 2.69. The maximum absolute atomic E-state index is 10.9. The molecule has 5 heteroatoms. The number of hydrogen-bond acceptors (Lipinski definition) is 3. The first-order chi connectivity index (χ1) is 7.72. The lowest BCUT2D eigenvalue weighted by Gasteiger charge is -1.92. The van der Waals surface area contributed by atoms with Crippen molar-refractivity contribution in [3.05, 3.63) is 35.8 Å². The fourth-order valence-electron chi connectivity index (χ4n) is 1.43. The molecule has 0 aliphatic heterocycles. The highest BCUT2D eigenvalue weighted by Crippen LogP contribution is 2.19. The summed E-state index contributed by atoms with van der Waals surface area (Å²) in [6.45, 7) is 0. The molecule has 5 nitrogen and oxygen atoms in total. The molecule has 0 aliphatic carbocycles. The van der Waals surface area contributed by atoms with Gasteiger partial charge in [0, 0.05) is 23.3 Å². The summed E-state index contributed by atoms with van der Waals surface area (Å²) in [5, 5.41) is 9.62. The van der Waals surface area contributed by atoms with Crippen molar-refractivity contribution in [2.24, 2.45) is 5.73 Å². The predicted molar refractivity (Wildman–Crippen MR) is 58.9 cm³/mol. The molecule has 16 heavy (non-hydrogen) atoms. The molecule has 78 valence electrons. The quantitative estimate of drug-likeness (QED) is 0.573. The number of hydrogen-bond donors (Lipinski definition) is 2. The van der Waals surface area contributed by atoms with Crippen LogP contribution in [0.4, 0.5) is 0 Å². The summed E-state index contributed by atoms with van der Waals surface area (Å²) in [5.41, 5.74) is 6.57. The Morgan fingerprint density at radius 3 is 3.12 bits per heavy atom. The van der Waals surface area contributed by atoms with E-state index in [0.717, 1.165) is 16.5 Å². The highest BCUT2D eigenvalue weighted by Gasteiger charge is 2.06. The van der Waals surface area contributed by atoms with Crippen LogP contribution < -0.4 is 5.73 Å². The number of fused-ring (bicyclic) bond motifs is 1. The normalized spacial score (nSPS) is 11.3. The molecule has 2 aromatic heterocycles. The van der Waals surface area contributed by atoms with Crippen molar-refractivity contribution in [3.63, 3.8) is 0 Å². The smallest absolute Gasteiger partial charge is 0.259 e. The van der Waals surface area contributed by atoms with E-state index in [1.54, 1.807) is 30.7 Å². The van der Waals surface area contributed by atoms with Gasteiger partial charge in [0.25, 0.3) is 5.91 Å². The molecule has 0 fully saturated rings. The van der Waals surface area contributed by atoms with Crippen LogP contribution in [0.2, 0.25) is 0 Å². The Bertz CT molecular complexity index is 618. The Kier molecular flexibility index (Phi) is 2.40. The lowest BCUT2D eigenvalue weighted by molar-refractivity contribution is -0.114. The molecule has 0 bridgehead atoms. The molecule has 0 saturated carbocycles. The Balaban J connectivity index is 2.57. The lowest BCUT2D eigenvalue weighted by Crippen LogP contribution is -2.12. The number of aromatic nitrogens is 2. The molecule has 2 aromatic rings. The van der Waals surface area contributed by atoms with Gasteiger partial charge in [-0.1, -0.05) is 0 Å². The van der Waals surface area contributed by atoms with Crippen LogP contribution in [0.15, 0.2) is 30.2 Å². The first-order valence-electron chi connectivity index (χ1n) is 4.55. The van der Waals surface area contributed by atoms with Gasteiger partial charge in [-0.2, -0.15) is 5.26 Å². The van der Waals surface area contributed by atoms with Crippen LogP contribution in [0.5, 0.6) is 0 Å². The molecule has 0 spiro atoms. The SMILES string of the molecule is N#CC(=Cc1c[nH]c2cnccc12)C(N)=O. The number of aromatic amines is 1. The molecule has 1 amide bonds. The third-order valence-corrected chi connectivity index (χ3v) is 2.20. The van der Waals surface area contributed by atoms with E-state index in [0.29, 0.717) is 0 Å². The van der Waals surface area contributed by atoms with Gasteiger partial charge in [0.05, 0.1) is 11.7 Å². The molecule has 0 saturated heterocycles. The van der Waals surface area contributed by atoms with Gasteiger partial charge < -0.3 is 10.7 Å². The van der Waals surface area contributed by atoms with E-state index in [1.807, 2.05) is 0 Å². The third kappa shape index (κ3) is 1.64. The number of primary amides is 1. The van der Waals surface area contributed by atoms with Crippen molar-refractivity contribution in [2.75, 3.05) is 0 Å². The first kappa shape index (κ1) is 9.93. The Morgan fingerprint density at radius 1 is 1.62 bits per heavy atom. The van der Waals surface area contributed by atoms with Gasteiger partial charge in [-0.15, -0.1) is 0 Å². The van der Waals surface area contributed by atoms with Crippen LogP contribution in [-0.4, -0.2) is 15.9 Å². The molecular formula is C11H8N4O.